The Morgan fingerprint density at radius 1 is 1.56 bits per heavy atom. The molecule has 0 aliphatic carbocycles. The molecule has 0 saturated heterocycles. The van der Waals surface area contributed by atoms with Gasteiger partial charge in [0.1, 0.15) is 10.7 Å². The van der Waals surface area contributed by atoms with E-state index in [4.69, 9.17) is 10.4 Å². The second-order valence-electron chi connectivity index (χ2n) is 3.89. The molecule has 0 heterocycles. The predicted octanol–water partition coefficient (Wildman–Crippen LogP) is 0.699. The summed E-state index contributed by atoms with van der Waals surface area (Å²) in [5.41, 5.74) is 0.0460. The van der Waals surface area contributed by atoms with E-state index in [0.717, 1.165) is 16.4 Å². The minimum atomic E-state index is -4.00. The molecular formula is C11H13FN2O3S. The van der Waals surface area contributed by atoms with E-state index in [1.165, 1.54) is 20.0 Å². The van der Waals surface area contributed by atoms with Crippen molar-refractivity contribution >= 4 is 10.0 Å². The van der Waals surface area contributed by atoms with Crippen LogP contribution in [0.25, 0.3) is 0 Å². The summed E-state index contributed by atoms with van der Waals surface area (Å²) in [5.74, 6) is -0.980. The summed E-state index contributed by atoms with van der Waals surface area (Å²) >= 11 is 0. The number of aliphatic hydroxyl groups is 1. The zero-order valence-electron chi connectivity index (χ0n) is 9.96. The standard InChI is InChI=1S/C11H13FN2O3S/c1-8(15)7-14(2)18(16,17)11-4-3-9(6-13)5-10(11)12/h3-5,8,15H,7H2,1-2H3/t8-/m0/s1. The van der Waals surface area contributed by atoms with Crippen molar-refractivity contribution in [1.29, 1.82) is 5.26 Å². The van der Waals surface area contributed by atoms with Gasteiger partial charge in [0.2, 0.25) is 10.0 Å². The molecule has 1 atom stereocenters. The van der Waals surface area contributed by atoms with Crippen molar-refractivity contribution in [3.8, 4) is 6.07 Å². The molecule has 0 saturated carbocycles. The molecule has 0 radical (unpaired) electrons. The number of hydrogen-bond donors (Lipinski definition) is 1. The lowest BCUT2D eigenvalue weighted by Gasteiger charge is -2.18. The highest BCUT2D eigenvalue weighted by atomic mass is 32.2. The summed E-state index contributed by atoms with van der Waals surface area (Å²) in [6.07, 6.45) is -0.855. The summed E-state index contributed by atoms with van der Waals surface area (Å²) in [6.45, 7) is 1.29. The largest absolute Gasteiger partial charge is 0.392 e. The van der Waals surface area contributed by atoms with Crippen molar-refractivity contribution in [1.82, 2.24) is 4.31 Å². The molecule has 18 heavy (non-hydrogen) atoms. The minimum absolute atomic E-state index is 0.0460. The van der Waals surface area contributed by atoms with Gasteiger partial charge in [-0.1, -0.05) is 0 Å². The Morgan fingerprint density at radius 3 is 2.61 bits per heavy atom. The summed E-state index contributed by atoms with van der Waals surface area (Å²) < 4.78 is 38.4. The van der Waals surface area contributed by atoms with E-state index >= 15 is 0 Å². The Hall–Kier alpha value is -1.49. The SMILES string of the molecule is C[C@H](O)CN(C)S(=O)(=O)c1ccc(C#N)cc1F. The average Bonchev–Trinajstić information content (AvgIpc) is 2.27. The number of halogens is 1. The molecule has 98 valence electrons. The van der Waals surface area contributed by atoms with Crippen molar-refractivity contribution < 1.29 is 17.9 Å². The monoisotopic (exact) mass is 272 g/mol. The zero-order valence-corrected chi connectivity index (χ0v) is 10.8. The van der Waals surface area contributed by atoms with Crippen LogP contribution in [0.15, 0.2) is 23.1 Å². The Kier molecular flexibility index (Phi) is 4.40. The number of likely N-dealkylation sites (N-methyl/N-ethyl adjacent to an activating group) is 1. The molecule has 7 heteroatoms. The van der Waals surface area contributed by atoms with Crippen LogP contribution in [0.5, 0.6) is 0 Å². The van der Waals surface area contributed by atoms with E-state index in [1.807, 2.05) is 0 Å². The first-order valence-electron chi connectivity index (χ1n) is 5.13. The molecule has 0 bridgehead atoms. The van der Waals surface area contributed by atoms with E-state index in [2.05, 4.69) is 0 Å². The molecule has 0 aromatic heterocycles. The third kappa shape index (κ3) is 3.04. The molecule has 1 aromatic rings. The zero-order chi connectivity index (χ0) is 13.9. The van der Waals surface area contributed by atoms with Crippen LogP contribution in [0, 0.1) is 17.1 Å². The maximum atomic E-state index is 13.6. The van der Waals surface area contributed by atoms with Crippen molar-refractivity contribution in [2.45, 2.75) is 17.9 Å². The highest BCUT2D eigenvalue weighted by Gasteiger charge is 2.25. The van der Waals surface area contributed by atoms with E-state index in [9.17, 15) is 12.8 Å². The molecule has 1 N–H and O–H groups in total. The highest BCUT2D eigenvalue weighted by molar-refractivity contribution is 7.89. The van der Waals surface area contributed by atoms with Crippen LogP contribution in [0.4, 0.5) is 4.39 Å². The van der Waals surface area contributed by atoms with Crippen LogP contribution in [-0.2, 0) is 10.0 Å². The van der Waals surface area contributed by atoms with Gasteiger partial charge in [-0.05, 0) is 25.1 Å². The summed E-state index contributed by atoms with van der Waals surface area (Å²) in [4.78, 5) is -0.510. The predicted molar refractivity (Wildman–Crippen MR) is 62.6 cm³/mol. The molecule has 0 unspecified atom stereocenters. The molecular weight excluding hydrogens is 259 g/mol. The Labute approximate surface area is 105 Å². The molecule has 0 amide bonds. The van der Waals surface area contributed by atoms with Gasteiger partial charge < -0.3 is 5.11 Å². The second kappa shape index (κ2) is 5.44. The van der Waals surface area contributed by atoms with Crippen molar-refractivity contribution in [3.63, 3.8) is 0 Å². The van der Waals surface area contributed by atoms with Crippen molar-refractivity contribution in [2.24, 2.45) is 0 Å². The maximum Gasteiger partial charge on any atom is 0.245 e. The lowest BCUT2D eigenvalue weighted by molar-refractivity contribution is 0.171. The third-order valence-corrected chi connectivity index (χ3v) is 4.13. The van der Waals surface area contributed by atoms with Gasteiger partial charge in [-0.15, -0.1) is 0 Å². The summed E-state index contributed by atoms with van der Waals surface area (Å²) in [5, 5.41) is 17.7. The number of aliphatic hydroxyl groups excluding tert-OH is 1. The van der Waals surface area contributed by atoms with Gasteiger partial charge in [-0.2, -0.15) is 9.57 Å². The molecule has 1 aromatic carbocycles. The number of nitrogens with zero attached hydrogens (tertiary/aromatic N) is 2. The van der Waals surface area contributed by atoms with Gasteiger partial charge in [0, 0.05) is 13.6 Å². The Bertz CT molecular complexity index is 578. The lowest BCUT2D eigenvalue weighted by Crippen LogP contribution is -2.33. The molecule has 5 nitrogen and oxygen atoms in total. The van der Waals surface area contributed by atoms with Gasteiger partial charge in [-0.3, -0.25) is 0 Å². The smallest absolute Gasteiger partial charge is 0.245 e. The van der Waals surface area contributed by atoms with Gasteiger partial charge in [0.25, 0.3) is 0 Å². The first-order valence-corrected chi connectivity index (χ1v) is 6.57. The van der Waals surface area contributed by atoms with Gasteiger partial charge in [-0.25, -0.2) is 12.8 Å². The van der Waals surface area contributed by atoms with E-state index in [1.54, 1.807) is 6.07 Å². The number of sulfonamides is 1. The molecule has 0 aliphatic heterocycles. The van der Waals surface area contributed by atoms with Gasteiger partial charge in [0.15, 0.2) is 0 Å². The van der Waals surface area contributed by atoms with E-state index < -0.39 is 26.8 Å². The molecule has 0 spiro atoms. The van der Waals surface area contributed by atoms with Gasteiger partial charge >= 0.3 is 0 Å². The average molecular weight is 272 g/mol. The third-order valence-electron chi connectivity index (χ3n) is 2.27. The molecule has 0 fully saturated rings. The summed E-state index contributed by atoms with van der Waals surface area (Å²) in [6, 6.07) is 4.86. The Morgan fingerprint density at radius 2 is 2.17 bits per heavy atom. The van der Waals surface area contributed by atoms with Crippen LogP contribution >= 0.6 is 0 Å². The quantitative estimate of drug-likeness (QED) is 0.874. The number of nitriles is 1. The van der Waals surface area contributed by atoms with Crippen LogP contribution in [0.1, 0.15) is 12.5 Å². The van der Waals surface area contributed by atoms with Crippen molar-refractivity contribution in [2.75, 3.05) is 13.6 Å². The fourth-order valence-corrected chi connectivity index (χ4v) is 2.71. The lowest BCUT2D eigenvalue weighted by atomic mass is 10.2. The Balaban J connectivity index is 3.17. The summed E-state index contributed by atoms with van der Waals surface area (Å²) in [7, 11) is -2.75. The maximum absolute atomic E-state index is 13.6. The normalized spacial score (nSPS) is 13.3. The van der Waals surface area contributed by atoms with Gasteiger partial charge in [0.05, 0.1) is 17.7 Å². The topological polar surface area (TPSA) is 81.4 Å². The van der Waals surface area contributed by atoms with Crippen LogP contribution in [0.3, 0.4) is 0 Å². The number of rotatable bonds is 4. The first kappa shape index (κ1) is 14.6. The number of hydrogen-bond acceptors (Lipinski definition) is 4. The van der Waals surface area contributed by atoms with Crippen molar-refractivity contribution in [3.05, 3.63) is 29.6 Å². The minimum Gasteiger partial charge on any atom is -0.392 e. The van der Waals surface area contributed by atoms with E-state index in [-0.39, 0.29) is 12.1 Å². The van der Waals surface area contributed by atoms with Crippen LogP contribution in [-0.4, -0.2) is 37.5 Å². The fourth-order valence-electron chi connectivity index (χ4n) is 1.42. The first-order chi connectivity index (χ1) is 8.28. The van der Waals surface area contributed by atoms with Crippen LogP contribution in [0.2, 0.25) is 0 Å². The second-order valence-corrected chi connectivity index (χ2v) is 5.90. The number of benzene rings is 1. The highest BCUT2D eigenvalue weighted by Crippen LogP contribution is 2.19. The van der Waals surface area contributed by atoms with E-state index in [0.29, 0.717) is 0 Å². The van der Waals surface area contributed by atoms with Crippen LogP contribution < -0.4 is 0 Å². The molecule has 0 aliphatic rings. The molecule has 1 rings (SSSR count). The fraction of sp³-hybridized carbons (Fsp3) is 0.364.